The highest BCUT2D eigenvalue weighted by Crippen LogP contribution is 2.28. The van der Waals surface area contributed by atoms with Gasteiger partial charge in [0.25, 0.3) is 0 Å². The lowest BCUT2D eigenvalue weighted by molar-refractivity contribution is 0.590. The summed E-state index contributed by atoms with van der Waals surface area (Å²) in [5.41, 5.74) is 5.02. The molecule has 5 heteroatoms. The molecule has 0 aliphatic rings. The maximum absolute atomic E-state index is 5.96. The molecular weight excluding hydrogens is 392 g/mol. The summed E-state index contributed by atoms with van der Waals surface area (Å²) in [6.07, 6.45) is 7.31. The van der Waals surface area contributed by atoms with Crippen molar-refractivity contribution in [3.8, 4) is 0 Å². The second-order valence-electron chi connectivity index (χ2n) is 8.19. The highest BCUT2D eigenvalue weighted by atomic mass is 35.5. The second kappa shape index (κ2) is 8.25. The molecular formula is C25H23ClN4. The summed E-state index contributed by atoms with van der Waals surface area (Å²) >= 11 is 5.96. The quantitative estimate of drug-likeness (QED) is 0.395. The van der Waals surface area contributed by atoms with Crippen LogP contribution in [0, 0.1) is 0 Å². The maximum Gasteiger partial charge on any atom is 0.141 e. The van der Waals surface area contributed by atoms with Gasteiger partial charge in [-0.05, 0) is 52.9 Å². The molecule has 2 heterocycles. The summed E-state index contributed by atoms with van der Waals surface area (Å²) in [4.78, 5) is 13.3. The smallest absolute Gasteiger partial charge is 0.141 e. The van der Waals surface area contributed by atoms with Crippen molar-refractivity contribution in [3.05, 3.63) is 89.0 Å². The van der Waals surface area contributed by atoms with E-state index in [1.807, 2.05) is 48.6 Å². The Labute approximate surface area is 181 Å². The van der Waals surface area contributed by atoms with Gasteiger partial charge in [0.05, 0.1) is 17.4 Å². The van der Waals surface area contributed by atoms with E-state index in [0.29, 0.717) is 0 Å². The Morgan fingerprint density at radius 3 is 2.47 bits per heavy atom. The Morgan fingerprint density at radius 2 is 1.70 bits per heavy atom. The third-order valence-electron chi connectivity index (χ3n) is 4.85. The van der Waals surface area contributed by atoms with Gasteiger partial charge in [-0.3, -0.25) is 4.98 Å². The van der Waals surface area contributed by atoms with Crippen molar-refractivity contribution in [1.29, 1.82) is 0 Å². The minimum atomic E-state index is 0.0784. The molecule has 0 saturated heterocycles. The first-order valence-electron chi connectivity index (χ1n) is 9.80. The van der Waals surface area contributed by atoms with Gasteiger partial charge in [0.2, 0.25) is 0 Å². The Bertz CT molecular complexity index is 1210. The average molecular weight is 415 g/mol. The van der Waals surface area contributed by atoms with Crippen molar-refractivity contribution < 1.29 is 0 Å². The van der Waals surface area contributed by atoms with Crippen LogP contribution in [0.1, 0.15) is 37.6 Å². The van der Waals surface area contributed by atoms with E-state index in [9.17, 15) is 0 Å². The predicted molar refractivity (Wildman–Crippen MR) is 126 cm³/mol. The molecule has 0 fully saturated rings. The molecule has 4 aromatic rings. The van der Waals surface area contributed by atoms with E-state index in [0.717, 1.165) is 38.7 Å². The van der Waals surface area contributed by atoms with Crippen LogP contribution in [0.25, 0.3) is 23.1 Å². The molecule has 0 atom stereocenters. The van der Waals surface area contributed by atoms with Crippen LogP contribution in [0.15, 0.2) is 67.1 Å². The molecule has 0 saturated carbocycles. The number of halogens is 1. The van der Waals surface area contributed by atoms with Crippen LogP contribution in [-0.2, 0) is 5.41 Å². The summed E-state index contributed by atoms with van der Waals surface area (Å²) in [7, 11) is 0. The van der Waals surface area contributed by atoms with Crippen LogP contribution in [0.5, 0.6) is 0 Å². The number of anilines is 2. The van der Waals surface area contributed by atoms with Crippen molar-refractivity contribution >= 4 is 46.2 Å². The van der Waals surface area contributed by atoms with Crippen molar-refractivity contribution in [3.63, 3.8) is 0 Å². The molecule has 0 unspecified atom stereocenters. The molecule has 0 aliphatic carbocycles. The van der Waals surface area contributed by atoms with E-state index in [1.165, 1.54) is 5.56 Å². The number of nitrogens with one attached hydrogen (secondary N) is 1. The molecule has 0 amide bonds. The summed E-state index contributed by atoms with van der Waals surface area (Å²) in [5.74, 6) is 0.759. The number of benzene rings is 2. The molecule has 30 heavy (non-hydrogen) atoms. The van der Waals surface area contributed by atoms with E-state index >= 15 is 0 Å². The number of pyridine rings is 1. The van der Waals surface area contributed by atoms with Crippen LogP contribution >= 0.6 is 11.6 Å². The highest BCUT2D eigenvalue weighted by molar-refractivity contribution is 6.30. The molecule has 2 aromatic heterocycles. The third-order valence-corrected chi connectivity index (χ3v) is 5.10. The standard InChI is InChI=1S/C25H23ClN4/c1-25(2,3)18-5-4-6-21(13-18)30-24-22-14-20(27-15-23(22)28-16-29-24)12-9-17-7-10-19(26)11-8-17/h4-16H,1-3H3,(H,28,29,30)/b12-9+. The van der Waals surface area contributed by atoms with Gasteiger partial charge in [-0.15, -0.1) is 0 Å². The van der Waals surface area contributed by atoms with Gasteiger partial charge in [0, 0.05) is 16.1 Å². The van der Waals surface area contributed by atoms with E-state index in [-0.39, 0.29) is 5.41 Å². The summed E-state index contributed by atoms with van der Waals surface area (Å²) in [6.45, 7) is 6.62. The maximum atomic E-state index is 5.96. The first-order chi connectivity index (χ1) is 14.4. The molecule has 1 N–H and O–H groups in total. The SMILES string of the molecule is CC(C)(C)c1cccc(Nc2ncnc3cnc(/C=C/c4ccc(Cl)cc4)cc23)c1. The number of fused-ring (bicyclic) bond motifs is 1. The molecule has 4 rings (SSSR count). The van der Waals surface area contributed by atoms with Crippen molar-refractivity contribution in [1.82, 2.24) is 15.0 Å². The van der Waals surface area contributed by atoms with E-state index in [2.05, 4.69) is 59.2 Å². The number of nitrogens with zero attached hydrogens (tertiary/aromatic N) is 3. The molecule has 0 aliphatic heterocycles. The summed E-state index contributed by atoms with van der Waals surface area (Å²) in [5, 5.41) is 5.09. The largest absolute Gasteiger partial charge is 0.340 e. The number of hydrogen-bond acceptors (Lipinski definition) is 4. The lowest BCUT2D eigenvalue weighted by Crippen LogP contribution is -2.11. The van der Waals surface area contributed by atoms with Gasteiger partial charge in [-0.2, -0.15) is 0 Å². The third kappa shape index (κ3) is 4.66. The summed E-state index contributed by atoms with van der Waals surface area (Å²) < 4.78 is 0. The lowest BCUT2D eigenvalue weighted by atomic mass is 9.87. The fraction of sp³-hybridized carbons (Fsp3) is 0.160. The zero-order valence-corrected chi connectivity index (χ0v) is 18.0. The molecule has 0 spiro atoms. The van der Waals surface area contributed by atoms with Crippen LogP contribution in [0.2, 0.25) is 5.02 Å². The fourth-order valence-electron chi connectivity index (χ4n) is 3.12. The fourth-order valence-corrected chi connectivity index (χ4v) is 3.25. The molecule has 0 bridgehead atoms. The Hall–Kier alpha value is -3.24. The van der Waals surface area contributed by atoms with Gasteiger partial charge in [-0.1, -0.05) is 62.7 Å². The molecule has 0 radical (unpaired) electrons. The normalized spacial score (nSPS) is 11.9. The number of rotatable bonds is 4. The van der Waals surface area contributed by atoms with Crippen LogP contribution in [0.3, 0.4) is 0 Å². The lowest BCUT2D eigenvalue weighted by Gasteiger charge is -2.20. The zero-order chi connectivity index (χ0) is 21.1. The van der Waals surface area contributed by atoms with Crippen molar-refractivity contribution in [2.45, 2.75) is 26.2 Å². The number of hydrogen-bond donors (Lipinski definition) is 1. The van der Waals surface area contributed by atoms with Gasteiger partial charge in [0.15, 0.2) is 0 Å². The zero-order valence-electron chi connectivity index (χ0n) is 17.2. The Balaban J connectivity index is 1.66. The summed E-state index contributed by atoms with van der Waals surface area (Å²) in [6, 6.07) is 18.1. The topological polar surface area (TPSA) is 50.7 Å². The van der Waals surface area contributed by atoms with Crippen molar-refractivity contribution in [2.24, 2.45) is 0 Å². The Kier molecular flexibility index (Phi) is 5.51. The van der Waals surface area contributed by atoms with Gasteiger partial charge < -0.3 is 5.32 Å². The van der Waals surface area contributed by atoms with E-state index in [1.54, 1.807) is 12.5 Å². The predicted octanol–water partition coefficient (Wildman–Crippen LogP) is 6.89. The molecule has 150 valence electrons. The van der Waals surface area contributed by atoms with Crippen LogP contribution in [-0.4, -0.2) is 15.0 Å². The monoisotopic (exact) mass is 414 g/mol. The second-order valence-corrected chi connectivity index (χ2v) is 8.63. The van der Waals surface area contributed by atoms with Gasteiger partial charge >= 0.3 is 0 Å². The van der Waals surface area contributed by atoms with Crippen LogP contribution < -0.4 is 5.32 Å². The van der Waals surface area contributed by atoms with Crippen molar-refractivity contribution in [2.75, 3.05) is 5.32 Å². The van der Waals surface area contributed by atoms with Gasteiger partial charge in [0.1, 0.15) is 12.1 Å². The van der Waals surface area contributed by atoms with E-state index < -0.39 is 0 Å². The Morgan fingerprint density at radius 1 is 0.900 bits per heavy atom. The molecule has 2 aromatic carbocycles. The number of aromatic nitrogens is 3. The molecule has 4 nitrogen and oxygen atoms in total. The minimum absolute atomic E-state index is 0.0784. The first kappa shape index (κ1) is 20.0. The average Bonchev–Trinajstić information content (AvgIpc) is 2.73. The van der Waals surface area contributed by atoms with Gasteiger partial charge in [-0.25, -0.2) is 9.97 Å². The highest BCUT2D eigenvalue weighted by Gasteiger charge is 2.14. The minimum Gasteiger partial charge on any atom is -0.340 e. The van der Waals surface area contributed by atoms with Crippen LogP contribution in [0.4, 0.5) is 11.5 Å². The van der Waals surface area contributed by atoms with E-state index in [4.69, 9.17) is 11.6 Å². The first-order valence-corrected chi connectivity index (χ1v) is 10.2.